The van der Waals surface area contributed by atoms with Crippen LogP contribution in [-0.2, 0) is 16.1 Å². The summed E-state index contributed by atoms with van der Waals surface area (Å²) >= 11 is 0. The van der Waals surface area contributed by atoms with Gasteiger partial charge in [0.25, 0.3) is 0 Å². The van der Waals surface area contributed by atoms with Gasteiger partial charge in [-0.1, -0.05) is 60.7 Å². The Bertz CT molecular complexity index is 709. The third kappa shape index (κ3) is 4.85. The molecule has 2 atom stereocenters. The Morgan fingerprint density at radius 2 is 1.62 bits per heavy atom. The van der Waals surface area contributed by atoms with E-state index in [1.165, 1.54) is 5.56 Å². The lowest BCUT2D eigenvalue weighted by atomic mass is 9.96. The summed E-state index contributed by atoms with van der Waals surface area (Å²) in [4.78, 5) is 14.3. The largest absolute Gasteiger partial charge is 0.444 e. The van der Waals surface area contributed by atoms with Crippen molar-refractivity contribution in [1.29, 1.82) is 0 Å². The molecule has 2 aromatic rings. The zero-order valence-electron chi connectivity index (χ0n) is 15.7. The minimum Gasteiger partial charge on any atom is -0.444 e. The molecule has 0 aromatic heterocycles. The maximum absolute atomic E-state index is 12.5. The molecule has 1 fully saturated rings. The van der Waals surface area contributed by atoms with Crippen LogP contribution in [0.15, 0.2) is 60.7 Å². The predicted octanol–water partition coefficient (Wildman–Crippen LogP) is 4.61. The molecule has 3 rings (SSSR count). The molecule has 1 aliphatic rings. The number of carbonyl (C=O) groups is 1. The van der Waals surface area contributed by atoms with Crippen molar-refractivity contribution in [3.05, 3.63) is 71.8 Å². The van der Waals surface area contributed by atoms with Gasteiger partial charge in [0.15, 0.2) is 0 Å². The molecule has 0 aliphatic carbocycles. The van der Waals surface area contributed by atoms with Crippen molar-refractivity contribution in [3.63, 3.8) is 0 Å². The van der Waals surface area contributed by atoms with Crippen molar-refractivity contribution in [2.75, 3.05) is 13.1 Å². The number of rotatable bonds is 4. The summed E-state index contributed by atoms with van der Waals surface area (Å²) in [5, 5.41) is 0. The maximum Gasteiger partial charge on any atom is 0.410 e. The molecule has 0 spiro atoms. The van der Waals surface area contributed by atoms with Crippen molar-refractivity contribution in [2.24, 2.45) is 0 Å². The quantitative estimate of drug-likeness (QED) is 0.806. The van der Waals surface area contributed by atoms with Gasteiger partial charge in [-0.25, -0.2) is 4.79 Å². The number of hydrogen-bond acceptors (Lipinski definition) is 3. The van der Waals surface area contributed by atoms with E-state index in [-0.39, 0.29) is 18.1 Å². The molecule has 1 saturated heterocycles. The highest BCUT2D eigenvalue weighted by molar-refractivity contribution is 5.69. The lowest BCUT2D eigenvalue weighted by Gasteiger charge is -2.24. The third-order valence-corrected chi connectivity index (χ3v) is 4.45. The number of amides is 1. The Balaban J connectivity index is 1.72. The summed E-state index contributed by atoms with van der Waals surface area (Å²) in [6, 6.07) is 20.4. The number of nitrogens with zero attached hydrogens (tertiary/aromatic N) is 1. The second-order valence-electron chi connectivity index (χ2n) is 7.74. The Kier molecular flexibility index (Phi) is 5.62. The van der Waals surface area contributed by atoms with Crippen LogP contribution in [0.4, 0.5) is 4.79 Å². The van der Waals surface area contributed by atoms with Gasteiger partial charge in [-0.2, -0.15) is 0 Å². The number of ether oxygens (including phenoxy) is 2. The fourth-order valence-corrected chi connectivity index (χ4v) is 3.22. The van der Waals surface area contributed by atoms with Gasteiger partial charge >= 0.3 is 6.09 Å². The zero-order chi connectivity index (χ0) is 18.6. The SMILES string of the molecule is CC(C)(C)OC(=O)N1CC(OCc2ccccc2)C(c2ccccc2)C1. The molecule has 1 heterocycles. The van der Waals surface area contributed by atoms with Gasteiger partial charge in [0, 0.05) is 12.5 Å². The molecule has 2 unspecified atom stereocenters. The average molecular weight is 353 g/mol. The standard InChI is InChI=1S/C22H27NO3/c1-22(2,3)26-21(24)23-14-19(18-12-8-5-9-13-18)20(15-23)25-16-17-10-6-4-7-11-17/h4-13,19-20H,14-16H2,1-3H3. The van der Waals surface area contributed by atoms with Gasteiger partial charge in [-0.05, 0) is 31.9 Å². The zero-order valence-corrected chi connectivity index (χ0v) is 15.7. The third-order valence-electron chi connectivity index (χ3n) is 4.45. The normalized spacial score (nSPS) is 20.2. The molecule has 0 radical (unpaired) electrons. The maximum atomic E-state index is 12.5. The van der Waals surface area contributed by atoms with Crippen LogP contribution in [0.3, 0.4) is 0 Å². The van der Waals surface area contributed by atoms with Crippen LogP contribution in [-0.4, -0.2) is 35.8 Å². The summed E-state index contributed by atoms with van der Waals surface area (Å²) < 4.78 is 11.8. The van der Waals surface area contributed by atoms with E-state index in [1.54, 1.807) is 4.90 Å². The van der Waals surface area contributed by atoms with Crippen LogP contribution in [0.25, 0.3) is 0 Å². The van der Waals surface area contributed by atoms with Crippen molar-refractivity contribution in [1.82, 2.24) is 4.90 Å². The Hall–Kier alpha value is -2.33. The Morgan fingerprint density at radius 1 is 1.00 bits per heavy atom. The molecular formula is C22H27NO3. The second-order valence-corrected chi connectivity index (χ2v) is 7.74. The van der Waals surface area contributed by atoms with E-state index in [1.807, 2.05) is 57.2 Å². The minimum atomic E-state index is -0.498. The monoisotopic (exact) mass is 353 g/mol. The van der Waals surface area contributed by atoms with Crippen LogP contribution in [0.2, 0.25) is 0 Å². The molecule has 4 nitrogen and oxygen atoms in total. The first-order valence-electron chi connectivity index (χ1n) is 9.11. The topological polar surface area (TPSA) is 38.8 Å². The molecule has 2 aromatic carbocycles. The highest BCUT2D eigenvalue weighted by atomic mass is 16.6. The minimum absolute atomic E-state index is 0.0508. The highest BCUT2D eigenvalue weighted by Crippen LogP contribution is 2.31. The summed E-state index contributed by atoms with van der Waals surface area (Å²) in [5.41, 5.74) is 1.83. The van der Waals surface area contributed by atoms with Gasteiger partial charge in [-0.15, -0.1) is 0 Å². The molecule has 26 heavy (non-hydrogen) atoms. The van der Waals surface area contributed by atoms with E-state index >= 15 is 0 Å². The van der Waals surface area contributed by atoms with E-state index < -0.39 is 5.60 Å². The summed E-state index contributed by atoms with van der Waals surface area (Å²) in [5.74, 6) is 0.146. The van der Waals surface area contributed by atoms with Crippen LogP contribution in [0, 0.1) is 0 Å². The number of carbonyl (C=O) groups excluding carboxylic acids is 1. The molecular weight excluding hydrogens is 326 g/mol. The van der Waals surface area contributed by atoms with Crippen LogP contribution in [0.5, 0.6) is 0 Å². The lowest BCUT2D eigenvalue weighted by molar-refractivity contribution is 0.0169. The van der Waals surface area contributed by atoms with E-state index in [4.69, 9.17) is 9.47 Å². The van der Waals surface area contributed by atoms with Gasteiger partial charge < -0.3 is 14.4 Å². The van der Waals surface area contributed by atoms with Crippen molar-refractivity contribution >= 4 is 6.09 Å². The fourth-order valence-electron chi connectivity index (χ4n) is 3.22. The molecule has 0 bridgehead atoms. The van der Waals surface area contributed by atoms with E-state index in [2.05, 4.69) is 24.3 Å². The smallest absolute Gasteiger partial charge is 0.410 e. The van der Waals surface area contributed by atoms with Gasteiger partial charge in [-0.3, -0.25) is 0 Å². The van der Waals surface area contributed by atoms with Crippen molar-refractivity contribution in [2.45, 2.75) is 45.0 Å². The fraction of sp³-hybridized carbons (Fsp3) is 0.409. The van der Waals surface area contributed by atoms with E-state index in [0.717, 1.165) is 5.56 Å². The first kappa shape index (κ1) is 18.5. The average Bonchev–Trinajstić information content (AvgIpc) is 3.05. The van der Waals surface area contributed by atoms with Crippen molar-refractivity contribution < 1.29 is 14.3 Å². The predicted molar refractivity (Wildman–Crippen MR) is 102 cm³/mol. The van der Waals surface area contributed by atoms with Crippen LogP contribution >= 0.6 is 0 Å². The first-order chi connectivity index (χ1) is 12.4. The van der Waals surface area contributed by atoms with E-state index in [9.17, 15) is 4.79 Å². The number of likely N-dealkylation sites (tertiary alicyclic amines) is 1. The molecule has 0 saturated carbocycles. The van der Waals surface area contributed by atoms with Gasteiger partial charge in [0.2, 0.25) is 0 Å². The second kappa shape index (κ2) is 7.92. The lowest BCUT2D eigenvalue weighted by Crippen LogP contribution is -2.36. The van der Waals surface area contributed by atoms with Gasteiger partial charge in [0.1, 0.15) is 5.60 Å². The van der Waals surface area contributed by atoms with E-state index in [0.29, 0.717) is 19.7 Å². The molecule has 138 valence electrons. The molecule has 0 N–H and O–H groups in total. The number of benzene rings is 2. The van der Waals surface area contributed by atoms with Gasteiger partial charge in [0.05, 0.1) is 19.3 Å². The van der Waals surface area contributed by atoms with Crippen LogP contribution in [0.1, 0.15) is 37.8 Å². The molecule has 1 aliphatic heterocycles. The van der Waals surface area contributed by atoms with Crippen molar-refractivity contribution in [3.8, 4) is 0 Å². The summed E-state index contributed by atoms with van der Waals surface area (Å²) in [7, 11) is 0. The number of hydrogen-bond donors (Lipinski definition) is 0. The van der Waals surface area contributed by atoms with Crippen LogP contribution < -0.4 is 0 Å². The first-order valence-corrected chi connectivity index (χ1v) is 9.11. The Morgan fingerprint density at radius 3 is 2.23 bits per heavy atom. The molecule has 4 heteroatoms. The highest BCUT2D eigenvalue weighted by Gasteiger charge is 2.38. The summed E-state index contributed by atoms with van der Waals surface area (Å²) in [6.07, 6.45) is -0.325. The molecule has 1 amide bonds. The Labute approximate surface area is 155 Å². The summed E-state index contributed by atoms with van der Waals surface area (Å²) in [6.45, 7) is 7.35.